The summed E-state index contributed by atoms with van der Waals surface area (Å²) in [4.78, 5) is 24.4. The van der Waals surface area contributed by atoms with Crippen molar-refractivity contribution in [2.75, 3.05) is 5.32 Å². The largest absolute Gasteiger partial charge is 0.433 e. The van der Waals surface area contributed by atoms with Crippen LogP contribution in [0.3, 0.4) is 0 Å². The molecule has 1 N–H and O–H groups in total. The van der Waals surface area contributed by atoms with Gasteiger partial charge in [0.15, 0.2) is 0 Å². The molecular weight excluding hydrogens is 383 g/mol. The SMILES string of the molecule is Cc1c(C(=O)Nc2ccnc(C(F)(F)F)c2)ncn1-c1cccc2ncccc12. The number of hydrogen-bond donors (Lipinski definition) is 1. The van der Waals surface area contributed by atoms with Gasteiger partial charge in [0, 0.05) is 23.5 Å². The average molecular weight is 397 g/mol. The lowest BCUT2D eigenvalue weighted by molar-refractivity contribution is -0.141. The van der Waals surface area contributed by atoms with Crippen molar-refractivity contribution in [2.45, 2.75) is 13.1 Å². The van der Waals surface area contributed by atoms with Crippen molar-refractivity contribution < 1.29 is 18.0 Å². The number of fused-ring (bicyclic) bond motifs is 1. The molecule has 9 heteroatoms. The molecule has 0 bridgehead atoms. The van der Waals surface area contributed by atoms with Gasteiger partial charge < -0.3 is 9.88 Å². The van der Waals surface area contributed by atoms with E-state index in [9.17, 15) is 18.0 Å². The van der Waals surface area contributed by atoms with Crippen LogP contribution in [0.5, 0.6) is 0 Å². The number of rotatable bonds is 3. The summed E-state index contributed by atoms with van der Waals surface area (Å²) in [6.45, 7) is 1.71. The minimum atomic E-state index is -4.60. The molecule has 4 rings (SSSR count). The number of pyridine rings is 2. The van der Waals surface area contributed by atoms with Gasteiger partial charge in [-0.05, 0) is 43.3 Å². The van der Waals surface area contributed by atoms with Gasteiger partial charge in [0.2, 0.25) is 0 Å². The summed E-state index contributed by atoms with van der Waals surface area (Å²) in [5.41, 5.74) is 1.14. The highest BCUT2D eigenvalue weighted by Crippen LogP contribution is 2.29. The summed E-state index contributed by atoms with van der Waals surface area (Å²) in [5.74, 6) is -0.612. The van der Waals surface area contributed by atoms with Crippen LogP contribution in [0.1, 0.15) is 21.9 Å². The number of aromatic nitrogens is 4. The van der Waals surface area contributed by atoms with E-state index in [1.54, 1.807) is 17.7 Å². The van der Waals surface area contributed by atoms with E-state index in [-0.39, 0.29) is 11.4 Å². The van der Waals surface area contributed by atoms with Crippen LogP contribution in [-0.4, -0.2) is 25.4 Å². The number of carbonyl (C=O) groups excluding carboxylic acids is 1. The molecule has 0 aliphatic rings. The molecule has 6 nitrogen and oxygen atoms in total. The van der Waals surface area contributed by atoms with Crippen LogP contribution >= 0.6 is 0 Å². The fourth-order valence-electron chi connectivity index (χ4n) is 3.03. The number of benzene rings is 1. The number of halogens is 3. The number of nitrogens with one attached hydrogen (secondary N) is 1. The maximum atomic E-state index is 12.8. The first-order valence-electron chi connectivity index (χ1n) is 8.57. The highest BCUT2D eigenvalue weighted by atomic mass is 19.4. The second-order valence-corrected chi connectivity index (χ2v) is 6.28. The number of amides is 1. The first-order valence-corrected chi connectivity index (χ1v) is 8.57. The number of carbonyl (C=O) groups is 1. The fourth-order valence-corrected chi connectivity index (χ4v) is 3.03. The lowest BCUT2D eigenvalue weighted by Gasteiger charge is -2.10. The van der Waals surface area contributed by atoms with E-state index in [1.165, 1.54) is 12.4 Å². The number of alkyl halides is 3. The quantitative estimate of drug-likeness (QED) is 0.556. The summed E-state index contributed by atoms with van der Waals surface area (Å²) >= 11 is 0. The summed E-state index contributed by atoms with van der Waals surface area (Å²) < 4.78 is 40.2. The molecule has 0 saturated carbocycles. The van der Waals surface area contributed by atoms with E-state index in [0.29, 0.717) is 5.69 Å². The van der Waals surface area contributed by atoms with Crippen LogP contribution in [0.25, 0.3) is 16.6 Å². The van der Waals surface area contributed by atoms with E-state index in [1.807, 2.05) is 30.3 Å². The topological polar surface area (TPSA) is 72.7 Å². The molecule has 0 aliphatic carbocycles. The van der Waals surface area contributed by atoms with Gasteiger partial charge in [-0.1, -0.05) is 6.07 Å². The Labute approximate surface area is 163 Å². The molecule has 1 aromatic carbocycles. The Morgan fingerprint density at radius 2 is 1.86 bits per heavy atom. The van der Waals surface area contributed by atoms with Crippen molar-refractivity contribution in [2.24, 2.45) is 0 Å². The molecule has 146 valence electrons. The Morgan fingerprint density at radius 3 is 2.66 bits per heavy atom. The third kappa shape index (κ3) is 3.54. The molecule has 0 radical (unpaired) electrons. The van der Waals surface area contributed by atoms with Crippen molar-refractivity contribution in [3.63, 3.8) is 0 Å². The zero-order valence-electron chi connectivity index (χ0n) is 15.1. The van der Waals surface area contributed by atoms with Gasteiger partial charge in [-0.25, -0.2) is 4.98 Å². The van der Waals surface area contributed by atoms with Crippen LogP contribution in [0.15, 0.2) is 61.2 Å². The van der Waals surface area contributed by atoms with Crippen LogP contribution < -0.4 is 5.32 Å². The molecular formula is C20H14F3N5O. The molecule has 1 amide bonds. The van der Waals surface area contributed by atoms with E-state index >= 15 is 0 Å². The minimum Gasteiger partial charge on any atom is -0.320 e. The second kappa shape index (κ2) is 7.01. The Bertz CT molecular complexity index is 1210. The second-order valence-electron chi connectivity index (χ2n) is 6.28. The molecule has 29 heavy (non-hydrogen) atoms. The Morgan fingerprint density at radius 1 is 1.03 bits per heavy atom. The smallest absolute Gasteiger partial charge is 0.320 e. The van der Waals surface area contributed by atoms with Crippen molar-refractivity contribution in [1.29, 1.82) is 0 Å². The van der Waals surface area contributed by atoms with E-state index in [2.05, 4.69) is 20.3 Å². The van der Waals surface area contributed by atoms with E-state index < -0.39 is 17.8 Å². The zero-order valence-corrected chi connectivity index (χ0v) is 15.1. The number of anilines is 1. The molecule has 0 saturated heterocycles. The molecule has 0 unspecified atom stereocenters. The molecule has 3 aromatic heterocycles. The monoisotopic (exact) mass is 397 g/mol. The number of nitrogens with zero attached hydrogens (tertiary/aromatic N) is 4. The lowest BCUT2D eigenvalue weighted by atomic mass is 10.1. The Kier molecular flexibility index (Phi) is 4.50. The highest BCUT2D eigenvalue weighted by Gasteiger charge is 2.32. The summed E-state index contributed by atoms with van der Waals surface area (Å²) in [6, 6.07) is 11.4. The van der Waals surface area contributed by atoms with Crippen LogP contribution in [0.4, 0.5) is 18.9 Å². The lowest BCUT2D eigenvalue weighted by Crippen LogP contribution is -2.15. The van der Waals surface area contributed by atoms with E-state index in [0.717, 1.165) is 28.9 Å². The molecule has 0 spiro atoms. The number of hydrogen-bond acceptors (Lipinski definition) is 4. The molecule has 0 atom stereocenters. The van der Waals surface area contributed by atoms with Gasteiger partial charge in [0.1, 0.15) is 17.7 Å². The van der Waals surface area contributed by atoms with Crippen molar-refractivity contribution >= 4 is 22.5 Å². The molecule has 0 aliphatic heterocycles. The fraction of sp³-hybridized carbons (Fsp3) is 0.100. The van der Waals surface area contributed by atoms with Crippen molar-refractivity contribution in [1.82, 2.24) is 19.5 Å². The van der Waals surface area contributed by atoms with Crippen molar-refractivity contribution in [3.8, 4) is 5.69 Å². The van der Waals surface area contributed by atoms with Crippen LogP contribution in [-0.2, 0) is 6.18 Å². The first-order chi connectivity index (χ1) is 13.8. The first kappa shape index (κ1) is 18.6. The van der Waals surface area contributed by atoms with Gasteiger partial charge in [0.05, 0.1) is 16.9 Å². The van der Waals surface area contributed by atoms with Gasteiger partial charge in [-0.2, -0.15) is 13.2 Å². The normalized spacial score (nSPS) is 11.6. The third-order valence-electron chi connectivity index (χ3n) is 4.41. The highest BCUT2D eigenvalue weighted by molar-refractivity contribution is 6.03. The predicted molar refractivity (Wildman–Crippen MR) is 101 cm³/mol. The van der Waals surface area contributed by atoms with Crippen LogP contribution in [0.2, 0.25) is 0 Å². The summed E-state index contributed by atoms with van der Waals surface area (Å²) in [7, 11) is 0. The number of imidazole rings is 1. The van der Waals surface area contributed by atoms with Gasteiger partial charge in [-0.3, -0.25) is 14.8 Å². The maximum Gasteiger partial charge on any atom is 0.433 e. The predicted octanol–water partition coefficient (Wildman–Crippen LogP) is 4.40. The third-order valence-corrected chi connectivity index (χ3v) is 4.41. The van der Waals surface area contributed by atoms with E-state index in [4.69, 9.17) is 0 Å². The van der Waals surface area contributed by atoms with Gasteiger partial charge >= 0.3 is 6.18 Å². The Hall–Kier alpha value is -3.75. The average Bonchev–Trinajstić information content (AvgIpc) is 3.08. The zero-order chi connectivity index (χ0) is 20.6. The van der Waals surface area contributed by atoms with Gasteiger partial charge in [0.25, 0.3) is 5.91 Å². The molecule has 3 heterocycles. The standard InChI is InChI=1S/C20H14F3N5O/c1-12-18(19(29)27-13-7-9-25-17(10-13)20(21,22)23)26-11-28(12)16-6-2-5-15-14(16)4-3-8-24-15/h2-11H,1H3,(H,25,27,29). The maximum absolute atomic E-state index is 12.8. The minimum absolute atomic E-state index is 0.0133. The molecule has 4 aromatic rings. The van der Waals surface area contributed by atoms with Gasteiger partial charge in [-0.15, -0.1) is 0 Å². The Balaban J connectivity index is 1.66. The summed E-state index contributed by atoms with van der Waals surface area (Å²) in [5, 5.41) is 3.33. The van der Waals surface area contributed by atoms with Crippen molar-refractivity contribution in [3.05, 3.63) is 78.3 Å². The summed E-state index contributed by atoms with van der Waals surface area (Å²) in [6.07, 6.45) is -0.414. The molecule has 0 fully saturated rings. The van der Waals surface area contributed by atoms with Crippen LogP contribution in [0, 0.1) is 6.92 Å².